The third-order valence-electron chi connectivity index (χ3n) is 3.06. The second kappa shape index (κ2) is 6.12. The topological polar surface area (TPSA) is 68.0 Å². The maximum atomic E-state index is 11.9. The summed E-state index contributed by atoms with van der Waals surface area (Å²) in [5, 5.41) is 3.80. The summed E-state index contributed by atoms with van der Waals surface area (Å²) < 4.78 is 0. The van der Waals surface area contributed by atoms with E-state index in [4.69, 9.17) is 5.73 Å². The van der Waals surface area contributed by atoms with Gasteiger partial charge in [0.05, 0.1) is 12.1 Å². The summed E-state index contributed by atoms with van der Waals surface area (Å²) in [6, 6.07) is 0. The molecule has 0 spiro atoms. The summed E-state index contributed by atoms with van der Waals surface area (Å²) in [5.74, 6) is -0.0873. The number of carbonyl (C=O) groups is 1. The quantitative estimate of drug-likeness (QED) is 0.815. The Morgan fingerprint density at radius 3 is 2.59 bits per heavy atom. The van der Waals surface area contributed by atoms with Gasteiger partial charge in [0.15, 0.2) is 0 Å². The molecule has 1 amide bonds. The molecule has 0 aliphatic rings. The second-order valence-corrected chi connectivity index (χ2v) is 5.32. The van der Waals surface area contributed by atoms with Gasteiger partial charge in [-0.2, -0.15) is 0 Å². The van der Waals surface area contributed by atoms with Gasteiger partial charge in [0.25, 0.3) is 0 Å². The number of aryl methyl sites for hydroxylation is 1. The van der Waals surface area contributed by atoms with Gasteiger partial charge in [-0.25, -0.2) is 4.98 Å². The highest BCUT2D eigenvalue weighted by Gasteiger charge is 2.29. The number of aromatic nitrogens is 1. The zero-order valence-electron chi connectivity index (χ0n) is 10.7. The molecule has 0 aliphatic carbocycles. The van der Waals surface area contributed by atoms with E-state index < -0.39 is 5.54 Å². The van der Waals surface area contributed by atoms with Gasteiger partial charge >= 0.3 is 0 Å². The smallest absolute Gasteiger partial charge is 0.240 e. The third kappa shape index (κ3) is 3.51. The van der Waals surface area contributed by atoms with Gasteiger partial charge < -0.3 is 11.1 Å². The van der Waals surface area contributed by atoms with Crippen molar-refractivity contribution >= 4 is 17.2 Å². The van der Waals surface area contributed by atoms with Gasteiger partial charge in [-0.3, -0.25) is 4.79 Å². The molecule has 1 rings (SSSR count). The van der Waals surface area contributed by atoms with Crippen molar-refractivity contribution in [3.05, 3.63) is 16.1 Å². The van der Waals surface area contributed by atoms with Gasteiger partial charge in [-0.05, 0) is 19.3 Å². The Morgan fingerprint density at radius 1 is 1.47 bits per heavy atom. The molecule has 0 bridgehead atoms. The molecule has 0 unspecified atom stereocenters. The molecule has 0 saturated heterocycles. The maximum absolute atomic E-state index is 11.9. The van der Waals surface area contributed by atoms with Crippen molar-refractivity contribution in [1.82, 2.24) is 10.3 Å². The lowest BCUT2D eigenvalue weighted by Crippen LogP contribution is -2.52. The lowest BCUT2D eigenvalue weighted by molar-refractivity contribution is -0.126. The van der Waals surface area contributed by atoms with E-state index in [-0.39, 0.29) is 5.91 Å². The molecule has 96 valence electrons. The molecule has 0 atom stereocenters. The van der Waals surface area contributed by atoms with Crippen LogP contribution in [0.5, 0.6) is 0 Å². The number of carbonyl (C=O) groups excluding carboxylic acids is 1. The Kier molecular flexibility index (Phi) is 5.08. The number of amides is 1. The lowest BCUT2D eigenvalue weighted by atomic mass is 9.93. The van der Waals surface area contributed by atoms with Crippen molar-refractivity contribution in [2.24, 2.45) is 5.73 Å². The van der Waals surface area contributed by atoms with E-state index in [1.54, 1.807) is 11.3 Å². The van der Waals surface area contributed by atoms with Crippen molar-refractivity contribution in [2.45, 2.75) is 52.1 Å². The molecule has 1 heterocycles. The average Bonchev–Trinajstić information content (AvgIpc) is 2.82. The Morgan fingerprint density at radius 2 is 2.12 bits per heavy atom. The fourth-order valence-corrected chi connectivity index (χ4v) is 2.30. The molecule has 0 radical (unpaired) electrons. The molecule has 17 heavy (non-hydrogen) atoms. The fourth-order valence-electron chi connectivity index (χ4n) is 1.50. The van der Waals surface area contributed by atoms with Gasteiger partial charge in [0.2, 0.25) is 5.91 Å². The zero-order chi connectivity index (χ0) is 12.9. The van der Waals surface area contributed by atoms with Crippen LogP contribution in [0.2, 0.25) is 0 Å². The number of rotatable bonds is 6. The molecule has 0 saturated carbocycles. The highest BCUT2D eigenvalue weighted by Crippen LogP contribution is 2.14. The number of hydrogen-bond donors (Lipinski definition) is 2. The minimum Gasteiger partial charge on any atom is -0.348 e. The monoisotopic (exact) mass is 255 g/mol. The van der Waals surface area contributed by atoms with Crippen LogP contribution in [0.1, 0.15) is 43.5 Å². The minimum absolute atomic E-state index is 0.0873. The molecular formula is C12H21N3OS. The van der Waals surface area contributed by atoms with Crippen LogP contribution in [0.3, 0.4) is 0 Å². The number of thiazole rings is 1. The van der Waals surface area contributed by atoms with Crippen molar-refractivity contribution in [1.29, 1.82) is 0 Å². The van der Waals surface area contributed by atoms with Crippen molar-refractivity contribution in [2.75, 3.05) is 0 Å². The Balaban J connectivity index is 2.53. The van der Waals surface area contributed by atoms with E-state index in [0.29, 0.717) is 19.4 Å². The molecule has 0 aliphatic heterocycles. The van der Waals surface area contributed by atoms with Crippen LogP contribution >= 0.6 is 11.3 Å². The minimum atomic E-state index is -0.745. The largest absolute Gasteiger partial charge is 0.348 e. The number of nitrogens with two attached hydrogens (primary N) is 1. The third-order valence-corrected chi connectivity index (χ3v) is 4.21. The van der Waals surface area contributed by atoms with E-state index in [2.05, 4.69) is 17.2 Å². The average molecular weight is 255 g/mol. The van der Waals surface area contributed by atoms with E-state index in [1.807, 2.05) is 20.0 Å². The highest BCUT2D eigenvalue weighted by molar-refractivity contribution is 7.11. The summed E-state index contributed by atoms with van der Waals surface area (Å²) in [6.45, 7) is 6.43. The van der Waals surface area contributed by atoms with E-state index in [0.717, 1.165) is 11.4 Å². The van der Waals surface area contributed by atoms with Gasteiger partial charge in [0.1, 0.15) is 5.01 Å². The van der Waals surface area contributed by atoms with Crippen LogP contribution < -0.4 is 11.1 Å². The maximum Gasteiger partial charge on any atom is 0.240 e. The first-order valence-electron chi connectivity index (χ1n) is 6.06. The first kappa shape index (κ1) is 14.1. The first-order chi connectivity index (χ1) is 8.05. The molecule has 4 nitrogen and oxygen atoms in total. The number of nitrogens with zero attached hydrogens (tertiary/aromatic N) is 1. The lowest BCUT2D eigenvalue weighted by Gasteiger charge is -2.24. The molecule has 5 heteroatoms. The van der Waals surface area contributed by atoms with Crippen LogP contribution in [0, 0.1) is 0 Å². The standard InChI is InChI=1S/C12H21N3OS/c1-4-9-7-14-10(17-9)8-15-11(16)12(13,5-2)6-3/h7H,4-6,8,13H2,1-3H3,(H,15,16). The molecule has 3 N–H and O–H groups in total. The number of nitrogens with one attached hydrogen (secondary N) is 1. The van der Waals surface area contributed by atoms with E-state index in [1.165, 1.54) is 4.88 Å². The predicted octanol–water partition coefficient (Wildman–Crippen LogP) is 1.84. The fraction of sp³-hybridized carbons (Fsp3) is 0.667. The SMILES string of the molecule is CCc1cnc(CNC(=O)C(N)(CC)CC)s1. The van der Waals surface area contributed by atoms with Gasteiger partial charge in [0, 0.05) is 11.1 Å². The van der Waals surface area contributed by atoms with Crippen molar-refractivity contribution in [3.63, 3.8) is 0 Å². The van der Waals surface area contributed by atoms with Crippen LogP contribution in [-0.2, 0) is 17.8 Å². The molecule has 0 fully saturated rings. The van der Waals surface area contributed by atoms with Crippen LogP contribution in [0.25, 0.3) is 0 Å². The molecular weight excluding hydrogens is 234 g/mol. The number of hydrogen-bond acceptors (Lipinski definition) is 4. The van der Waals surface area contributed by atoms with E-state index >= 15 is 0 Å². The van der Waals surface area contributed by atoms with Crippen molar-refractivity contribution < 1.29 is 4.79 Å². The normalized spacial score (nSPS) is 11.5. The molecule has 1 aromatic rings. The summed E-state index contributed by atoms with van der Waals surface area (Å²) >= 11 is 1.63. The van der Waals surface area contributed by atoms with E-state index in [9.17, 15) is 4.79 Å². The Labute approximate surface area is 107 Å². The Bertz CT molecular complexity index is 372. The summed E-state index contributed by atoms with van der Waals surface area (Å²) in [4.78, 5) is 17.4. The zero-order valence-corrected chi connectivity index (χ0v) is 11.6. The molecule has 0 aromatic carbocycles. The Hall–Kier alpha value is -0.940. The first-order valence-corrected chi connectivity index (χ1v) is 6.88. The van der Waals surface area contributed by atoms with Crippen LogP contribution in [0.4, 0.5) is 0 Å². The highest BCUT2D eigenvalue weighted by atomic mass is 32.1. The summed E-state index contributed by atoms with van der Waals surface area (Å²) in [7, 11) is 0. The van der Waals surface area contributed by atoms with Crippen LogP contribution in [-0.4, -0.2) is 16.4 Å². The second-order valence-electron chi connectivity index (χ2n) is 4.12. The van der Waals surface area contributed by atoms with Gasteiger partial charge in [-0.1, -0.05) is 20.8 Å². The molecule has 1 aromatic heterocycles. The van der Waals surface area contributed by atoms with Crippen LogP contribution in [0.15, 0.2) is 6.20 Å². The summed E-state index contributed by atoms with van der Waals surface area (Å²) in [6.07, 6.45) is 4.14. The van der Waals surface area contributed by atoms with Crippen molar-refractivity contribution in [3.8, 4) is 0 Å². The summed E-state index contributed by atoms with van der Waals surface area (Å²) in [5.41, 5.74) is 5.26. The van der Waals surface area contributed by atoms with Gasteiger partial charge in [-0.15, -0.1) is 11.3 Å². The predicted molar refractivity (Wildman–Crippen MR) is 70.8 cm³/mol.